The van der Waals surface area contributed by atoms with Crippen LogP contribution < -0.4 is 19.3 Å². The minimum Gasteiger partial charge on any atom is -0.491 e. The maximum Gasteiger partial charge on any atom is 0.251 e. The van der Waals surface area contributed by atoms with Gasteiger partial charge in [0.25, 0.3) is 5.91 Å². The lowest BCUT2D eigenvalue weighted by Gasteiger charge is -2.26. The van der Waals surface area contributed by atoms with Crippen molar-refractivity contribution >= 4 is 27.6 Å². The Morgan fingerprint density at radius 1 is 1.15 bits per heavy atom. The summed E-state index contributed by atoms with van der Waals surface area (Å²) >= 11 is 0. The Morgan fingerprint density at radius 2 is 1.76 bits per heavy atom. The Bertz CT molecular complexity index is 1290. The van der Waals surface area contributed by atoms with Crippen molar-refractivity contribution in [1.82, 2.24) is 10.3 Å². The highest BCUT2D eigenvalue weighted by molar-refractivity contribution is 7.93. The molecule has 1 aliphatic carbocycles. The minimum absolute atomic E-state index is 0.0695. The summed E-state index contributed by atoms with van der Waals surface area (Å²) in [5.74, 6) is -0.844. The van der Waals surface area contributed by atoms with Gasteiger partial charge in [-0.15, -0.1) is 0 Å². The van der Waals surface area contributed by atoms with Crippen molar-refractivity contribution < 1.29 is 36.6 Å². The van der Waals surface area contributed by atoms with Crippen LogP contribution in [0.1, 0.15) is 44.0 Å². The number of benzene rings is 1. The second-order valence-electron chi connectivity index (χ2n) is 10.8. The molecule has 1 saturated carbocycles. The lowest BCUT2D eigenvalue weighted by Crippen LogP contribution is -2.47. The monoisotopic (exact) mass is 598 g/mol. The fourth-order valence-electron chi connectivity index (χ4n) is 4.27. The number of hydrogen-bond donors (Lipinski definition) is 2. The van der Waals surface area contributed by atoms with Crippen LogP contribution in [0, 0.1) is 23.5 Å². The number of aliphatic hydroxyl groups excluding tert-OH is 1. The standard InChI is InChI=1S/C28H40F2N4O6S/c1-17(2)41(37,38)34(5)27-11-19(10-26(32-27)33(4)15-20-9-18(20)3)28(36)31-24(25(35)7-8-39-6)16-40-23-13-21(29)12-22(30)14-23/h10-14,17-18,20,24-25,35H,7-9,15-16H2,1-6H3,(H,31,36). The Kier molecular flexibility index (Phi) is 10.9. The van der Waals surface area contributed by atoms with E-state index in [9.17, 15) is 27.1 Å². The molecule has 0 spiro atoms. The van der Waals surface area contributed by atoms with Gasteiger partial charge in [-0.2, -0.15) is 0 Å². The van der Waals surface area contributed by atoms with E-state index in [4.69, 9.17) is 9.47 Å². The minimum atomic E-state index is -3.74. The molecule has 0 radical (unpaired) electrons. The maximum absolute atomic E-state index is 13.6. The van der Waals surface area contributed by atoms with Crippen LogP contribution >= 0.6 is 0 Å². The maximum atomic E-state index is 13.6. The van der Waals surface area contributed by atoms with Crippen molar-refractivity contribution in [3.05, 3.63) is 47.5 Å². The average molecular weight is 599 g/mol. The van der Waals surface area contributed by atoms with Gasteiger partial charge in [-0.25, -0.2) is 22.2 Å². The molecule has 1 amide bonds. The van der Waals surface area contributed by atoms with Crippen LogP contribution in [0.2, 0.25) is 0 Å². The fourth-order valence-corrected chi connectivity index (χ4v) is 5.26. The number of rotatable bonds is 15. The van der Waals surface area contributed by atoms with Gasteiger partial charge in [-0.05, 0) is 50.7 Å². The van der Waals surface area contributed by atoms with E-state index in [0.717, 1.165) is 22.9 Å². The second-order valence-corrected chi connectivity index (χ2v) is 13.4. The van der Waals surface area contributed by atoms with Crippen molar-refractivity contribution in [1.29, 1.82) is 0 Å². The molecule has 1 fully saturated rings. The van der Waals surface area contributed by atoms with E-state index >= 15 is 0 Å². The molecule has 1 aromatic carbocycles. The lowest BCUT2D eigenvalue weighted by atomic mass is 10.1. The molecule has 3 rings (SSSR count). The molecular weight excluding hydrogens is 558 g/mol. The van der Waals surface area contributed by atoms with Gasteiger partial charge in [0, 0.05) is 58.1 Å². The highest BCUT2D eigenvalue weighted by Crippen LogP contribution is 2.38. The first-order valence-corrected chi connectivity index (χ1v) is 15.0. The third-order valence-electron chi connectivity index (χ3n) is 7.20. The summed E-state index contributed by atoms with van der Waals surface area (Å²) in [7, 11) is 0.940. The van der Waals surface area contributed by atoms with Crippen molar-refractivity contribution in [3.63, 3.8) is 0 Å². The molecule has 1 aromatic heterocycles. The summed E-state index contributed by atoms with van der Waals surface area (Å²) < 4.78 is 64.7. The lowest BCUT2D eigenvalue weighted by molar-refractivity contribution is 0.0560. The van der Waals surface area contributed by atoms with Crippen LogP contribution in [-0.4, -0.2) is 82.8 Å². The zero-order valence-electron chi connectivity index (χ0n) is 24.3. The van der Waals surface area contributed by atoms with Crippen LogP contribution in [0.5, 0.6) is 5.75 Å². The van der Waals surface area contributed by atoms with Crippen LogP contribution in [0.15, 0.2) is 30.3 Å². The Hall–Kier alpha value is -3.03. The summed E-state index contributed by atoms with van der Waals surface area (Å²) in [5, 5.41) is 12.8. The number of pyridine rings is 1. The zero-order valence-corrected chi connectivity index (χ0v) is 25.1. The number of anilines is 2. The molecule has 4 unspecified atom stereocenters. The molecular formula is C28H40F2N4O6S. The third kappa shape index (κ3) is 8.73. The predicted molar refractivity (Wildman–Crippen MR) is 153 cm³/mol. The quantitative estimate of drug-likeness (QED) is 0.321. The van der Waals surface area contributed by atoms with E-state index in [1.165, 1.54) is 20.2 Å². The summed E-state index contributed by atoms with van der Waals surface area (Å²) in [5.41, 5.74) is 0.118. The highest BCUT2D eigenvalue weighted by atomic mass is 32.2. The highest BCUT2D eigenvalue weighted by Gasteiger charge is 2.34. The number of halogens is 2. The predicted octanol–water partition coefficient (Wildman–Crippen LogP) is 3.20. The number of aromatic nitrogens is 1. The summed E-state index contributed by atoms with van der Waals surface area (Å²) in [4.78, 5) is 20.0. The van der Waals surface area contributed by atoms with Crippen molar-refractivity contribution in [2.45, 2.75) is 51.0 Å². The normalized spacial score (nSPS) is 18.1. The summed E-state index contributed by atoms with van der Waals surface area (Å²) in [6.07, 6.45) is 0.100. The van der Waals surface area contributed by atoms with E-state index in [-0.39, 0.29) is 36.8 Å². The smallest absolute Gasteiger partial charge is 0.251 e. The largest absolute Gasteiger partial charge is 0.491 e. The number of carbonyl (C=O) groups excluding carboxylic acids is 1. The van der Waals surface area contributed by atoms with Gasteiger partial charge in [0.2, 0.25) is 10.0 Å². The first-order chi connectivity index (χ1) is 19.2. The zero-order chi connectivity index (χ0) is 30.5. The van der Waals surface area contributed by atoms with E-state index in [1.807, 2.05) is 11.9 Å². The van der Waals surface area contributed by atoms with Gasteiger partial charge in [0.1, 0.15) is 35.6 Å². The van der Waals surface area contributed by atoms with Gasteiger partial charge in [0.05, 0.1) is 17.4 Å². The van der Waals surface area contributed by atoms with Crippen molar-refractivity contribution in [2.75, 3.05) is 50.2 Å². The number of carbonyl (C=O) groups is 1. The van der Waals surface area contributed by atoms with Gasteiger partial charge in [-0.1, -0.05) is 6.92 Å². The number of methoxy groups -OCH3 is 1. The van der Waals surface area contributed by atoms with Gasteiger partial charge >= 0.3 is 0 Å². The first-order valence-electron chi connectivity index (χ1n) is 13.5. The van der Waals surface area contributed by atoms with E-state index in [0.29, 0.717) is 30.3 Å². The molecule has 0 saturated heterocycles. The molecule has 4 atom stereocenters. The van der Waals surface area contributed by atoms with Crippen molar-refractivity contribution in [3.8, 4) is 5.75 Å². The number of amides is 1. The molecule has 1 aliphatic rings. The summed E-state index contributed by atoms with van der Waals surface area (Å²) in [6.45, 7) is 5.84. The molecule has 13 heteroatoms. The number of hydrogen-bond acceptors (Lipinski definition) is 8. The third-order valence-corrected chi connectivity index (χ3v) is 9.34. The molecule has 0 aliphatic heterocycles. The van der Waals surface area contributed by atoms with Crippen LogP contribution in [0.25, 0.3) is 0 Å². The molecule has 10 nitrogen and oxygen atoms in total. The SMILES string of the molecule is COCCC(O)C(COc1cc(F)cc(F)c1)NC(=O)c1cc(N(C)CC2CC2C)nc(N(C)S(=O)(=O)C(C)C)c1. The topological polar surface area (TPSA) is 121 Å². The Balaban J connectivity index is 1.91. The Morgan fingerprint density at radius 3 is 2.32 bits per heavy atom. The number of ether oxygens (including phenoxy) is 2. The molecule has 1 heterocycles. The van der Waals surface area contributed by atoms with Gasteiger partial charge in [-0.3, -0.25) is 9.10 Å². The Labute approximate surface area is 240 Å². The molecule has 228 valence electrons. The number of nitrogens with zero attached hydrogens (tertiary/aromatic N) is 3. The first kappa shape index (κ1) is 32.5. The van der Waals surface area contributed by atoms with Crippen molar-refractivity contribution in [2.24, 2.45) is 11.8 Å². The average Bonchev–Trinajstić information content (AvgIpc) is 3.61. The molecule has 41 heavy (non-hydrogen) atoms. The molecule has 0 bridgehead atoms. The van der Waals surface area contributed by atoms with E-state index < -0.39 is 45.0 Å². The van der Waals surface area contributed by atoms with Crippen LogP contribution in [-0.2, 0) is 14.8 Å². The van der Waals surface area contributed by atoms with Crippen LogP contribution in [0.3, 0.4) is 0 Å². The van der Waals surface area contributed by atoms with Crippen LogP contribution in [0.4, 0.5) is 20.4 Å². The van der Waals surface area contributed by atoms with Gasteiger partial charge < -0.3 is 24.8 Å². The molecule has 2 N–H and O–H groups in total. The van der Waals surface area contributed by atoms with Gasteiger partial charge in [0.15, 0.2) is 0 Å². The summed E-state index contributed by atoms with van der Waals surface area (Å²) in [6, 6.07) is 4.62. The number of aliphatic hydroxyl groups is 1. The number of sulfonamides is 1. The van der Waals surface area contributed by atoms with E-state index in [1.54, 1.807) is 19.9 Å². The second kappa shape index (κ2) is 13.8. The number of nitrogens with one attached hydrogen (secondary N) is 1. The van der Waals surface area contributed by atoms with E-state index in [2.05, 4.69) is 17.2 Å². The fraction of sp³-hybridized carbons (Fsp3) is 0.571. The molecule has 2 aromatic rings.